The number of aromatic nitrogens is 4. The van der Waals surface area contributed by atoms with Gasteiger partial charge >= 0.3 is 0 Å². The molecule has 13 heteroatoms. The van der Waals surface area contributed by atoms with Crippen LogP contribution in [0.25, 0.3) is 11.2 Å². The van der Waals surface area contributed by atoms with Crippen LogP contribution in [0.5, 0.6) is 0 Å². The van der Waals surface area contributed by atoms with Crippen LogP contribution in [0.3, 0.4) is 0 Å². The van der Waals surface area contributed by atoms with Gasteiger partial charge in [0, 0.05) is 11.2 Å². The molecule has 1 unspecified atom stereocenters. The third-order valence-corrected chi connectivity index (χ3v) is 19.3. The van der Waals surface area contributed by atoms with Gasteiger partial charge in [-0.1, -0.05) is 44.3 Å². The van der Waals surface area contributed by atoms with Crippen LogP contribution in [0.1, 0.15) is 66.5 Å². The number of imidazole rings is 1. The van der Waals surface area contributed by atoms with Crippen LogP contribution in [0, 0.1) is 5.92 Å². The monoisotopic (exact) mass is 612 g/mol. The molecule has 3 aliphatic rings. The van der Waals surface area contributed by atoms with Crippen LogP contribution in [0.4, 0.5) is 0 Å². The Balaban J connectivity index is 1.38. The van der Waals surface area contributed by atoms with Gasteiger partial charge in [-0.25, -0.2) is 9.97 Å². The molecule has 7 atom stereocenters. The Kier molecular flexibility index (Phi) is 7.94. The van der Waals surface area contributed by atoms with E-state index in [4.69, 9.17) is 30.0 Å². The van der Waals surface area contributed by atoms with Gasteiger partial charge in [-0.2, -0.15) is 0 Å². The van der Waals surface area contributed by atoms with E-state index in [2.05, 4.69) is 69.2 Å². The normalized spacial score (nSPS) is 35.4. The number of ether oxygens (including phenoxy) is 1. The highest BCUT2D eigenvalue weighted by Gasteiger charge is 2.55. The Labute approximate surface area is 240 Å². The first-order valence-electron chi connectivity index (χ1n) is 13.6. The Morgan fingerprint density at radius 1 is 1.38 bits per heavy atom. The largest absolute Gasteiger partial charge is 0.414 e. The third kappa shape index (κ3) is 5.77. The van der Waals surface area contributed by atoms with Crippen molar-refractivity contribution in [2.75, 3.05) is 6.61 Å². The second-order valence-corrected chi connectivity index (χ2v) is 24.3. The van der Waals surface area contributed by atoms with Crippen LogP contribution in [-0.2, 0) is 30.0 Å². The topological polar surface area (TPSA) is 100 Å². The van der Waals surface area contributed by atoms with E-state index >= 15 is 0 Å². The fourth-order valence-corrected chi connectivity index (χ4v) is 13.9. The minimum absolute atomic E-state index is 0.0531. The van der Waals surface area contributed by atoms with Gasteiger partial charge in [-0.3, -0.25) is 9.36 Å². The molecular formula is C26H41N4O5PS2Si. The van der Waals surface area contributed by atoms with E-state index in [1.807, 2.05) is 4.57 Å². The summed E-state index contributed by atoms with van der Waals surface area (Å²) in [4.78, 5) is 23.5. The van der Waals surface area contributed by atoms with Crippen LogP contribution in [0.2, 0.25) is 18.1 Å². The predicted octanol–water partition coefficient (Wildman–Crippen LogP) is 6.31. The quantitative estimate of drug-likeness (QED) is 0.219. The molecule has 1 saturated carbocycles. The average molecular weight is 613 g/mol. The van der Waals surface area contributed by atoms with Gasteiger partial charge in [0.1, 0.15) is 12.3 Å². The maximum absolute atomic E-state index is 12.2. The molecule has 5 rings (SSSR count). The number of allylic oxidation sites excluding steroid dienone is 1. The minimum Gasteiger partial charge on any atom is -0.414 e. The van der Waals surface area contributed by atoms with Crippen molar-refractivity contribution in [2.24, 2.45) is 5.92 Å². The standard InChI is InChI=1S/C26H41N4O5PS2Si/c1-16(2)17-9-10-26(6)20(11-17)35-36(37,38-26)34-18-12-21(30-15-29-22-23(30)27-14-28-24(22)31)33-19(18)13-32-39(7,8)25(3,4)5/h14-15,17-21H,1,9-13H2,2-8H3,(H,27,28,31)/t17-,18-,19+,20+,21+,26+,36?/m0/s1. The Morgan fingerprint density at radius 2 is 2.13 bits per heavy atom. The number of hydrogen-bond donors (Lipinski definition) is 1. The lowest BCUT2D eigenvalue weighted by molar-refractivity contribution is -0.0370. The first-order chi connectivity index (χ1) is 18.1. The fourth-order valence-electron chi connectivity index (χ4n) is 5.31. The van der Waals surface area contributed by atoms with Crippen molar-refractivity contribution in [3.8, 4) is 0 Å². The molecule has 0 spiro atoms. The molecule has 4 heterocycles. The van der Waals surface area contributed by atoms with Gasteiger partial charge in [0.05, 0.1) is 31.5 Å². The maximum Gasteiger partial charge on any atom is 0.278 e. The van der Waals surface area contributed by atoms with Gasteiger partial charge in [-0.05, 0) is 69.0 Å². The second-order valence-electron chi connectivity index (χ2n) is 12.9. The predicted molar refractivity (Wildman–Crippen MR) is 162 cm³/mol. The molecule has 0 bridgehead atoms. The van der Waals surface area contributed by atoms with E-state index in [0.29, 0.717) is 24.6 Å². The van der Waals surface area contributed by atoms with E-state index in [1.54, 1.807) is 17.7 Å². The van der Waals surface area contributed by atoms with Gasteiger partial charge in [-0.15, -0.1) is 0 Å². The summed E-state index contributed by atoms with van der Waals surface area (Å²) in [7, 11) is -2.03. The van der Waals surface area contributed by atoms with Crippen molar-refractivity contribution in [1.82, 2.24) is 19.5 Å². The molecule has 3 fully saturated rings. The molecule has 2 aromatic heterocycles. The van der Waals surface area contributed by atoms with E-state index in [-0.39, 0.29) is 39.2 Å². The second kappa shape index (κ2) is 10.5. The van der Waals surface area contributed by atoms with E-state index in [1.165, 1.54) is 11.9 Å². The summed E-state index contributed by atoms with van der Waals surface area (Å²) >= 11 is 7.86. The molecule has 0 amide bonds. The van der Waals surface area contributed by atoms with Gasteiger partial charge in [0.2, 0.25) is 5.69 Å². The van der Waals surface area contributed by atoms with Crippen LogP contribution >= 0.6 is 17.1 Å². The van der Waals surface area contributed by atoms with Gasteiger partial charge in [0.25, 0.3) is 5.56 Å². The van der Waals surface area contributed by atoms with E-state index < -0.39 is 20.2 Å². The minimum atomic E-state index is -2.64. The highest BCUT2D eigenvalue weighted by atomic mass is 32.9. The summed E-state index contributed by atoms with van der Waals surface area (Å²) < 4.78 is 28.3. The lowest BCUT2D eigenvalue weighted by Gasteiger charge is -2.37. The molecule has 2 aromatic rings. The van der Waals surface area contributed by atoms with Crippen molar-refractivity contribution in [2.45, 2.75) is 108 Å². The number of aromatic amines is 1. The summed E-state index contributed by atoms with van der Waals surface area (Å²) in [6, 6.07) is 0. The zero-order valence-corrected chi connectivity index (χ0v) is 27.5. The van der Waals surface area contributed by atoms with Gasteiger partial charge in [0.15, 0.2) is 19.5 Å². The molecule has 216 valence electrons. The van der Waals surface area contributed by atoms with Crippen LogP contribution in [0.15, 0.2) is 29.6 Å². The summed E-state index contributed by atoms with van der Waals surface area (Å²) in [5, 5.41) is 0.0631. The summed E-state index contributed by atoms with van der Waals surface area (Å²) in [5.41, 5.74) is -0.948. The third-order valence-electron chi connectivity index (χ3n) is 8.98. The lowest BCUT2D eigenvalue weighted by Crippen LogP contribution is -2.44. The Hall–Kier alpha value is -0.853. The van der Waals surface area contributed by atoms with Crippen LogP contribution in [-0.4, -0.2) is 57.5 Å². The van der Waals surface area contributed by atoms with Crippen molar-refractivity contribution in [1.29, 1.82) is 0 Å². The maximum atomic E-state index is 12.2. The number of rotatable bonds is 7. The Morgan fingerprint density at radius 3 is 2.82 bits per heavy atom. The molecule has 2 aliphatic heterocycles. The van der Waals surface area contributed by atoms with Crippen molar-refractivity contribution < 1.29 is 18.2 Å². The summed E-state index contributed by atoms with van der Waals surface area (Å²) in [6.45, 7) is 20.1. The first-order valence-corrected chi connectivity index (χ1v) is 20.6. The van der Waals surface area contributed by atoms with E-state index in [0.717, 1.165) is 19.3 Å². The SMILES string of the molecule is C=C(C)[C@H]1CC[C@@]2(C)SP(=S)(O[C@H]3C[C@H](n4cnc5c(=O)[nH]cnc54)O[C@@H]3CO[Si](C)(C)C(C)(C)C)O[C@@H]2C1. The Bertz CT molecular complexity index is 1360. The molecule has 1 aliphatic carbocycles. The first kappa shape index (κ1) is 29.6. The number of nitrogens with zero attached hydrogens (tertiary/aromatic N) is 3. The number of nitrogens with one attached hydrogen (secondary N) is 1. The molecule has 0 radical (unpaired) electrons. The molecule has 0 aromatic carbocycles. The zero-order valence-electron chi connectivity index (χ0n) is 23.9. The van der Waals surface area contributed by atoms with Crippen LogP contribution < -0.4 is 5.56 Å². The molecule has 1 N–H and O–H groups in total. The molecule has 9 nitrogen and oxygen atoms in total. The number of H-pyrrole nitrogens is 1. The lowest BCUT2D eigenvalue weighted by atomic mass is 9.77. The number of hydrogen-bond acceptors (Lipinski definition) is 9. The van der Waals surface area contributed by atoms with Crippen molar-refractivity contribution in [3.63, 3.8) is 0 Å². The smallest absolute Gasteiger partial charge is 0.278 e. The average Bonchev–Trinajstić information content (AvgIpc) is 3.49. The highest BCUT2D eigenvalue weighted by molar-refractivity contribution is 8.68. The number of fused-ring (bicyclic) bond motifs is 2. The molecular weight excluding hydrogens is 572 g/mol. The fraction of sp³-hybridized carbons (Fsp3) is 0.731. The summed E-state index contributed by atoms with van der Waals surface area (Å²) in [5.74, 6) is 0.459. The molecule has 2 saturated heterocycles. The van der Waals surface area contributed by atoms with Crippen molar-refractivity contribution >= 4 is 48.4 Å². The van der Waals surface area contributed by atoms with Gasteiger partial charge < -0.3 is 23.2 Å². The summed E-state index contributed by atoms with van der Waals surface area (Å²) in [6.07, 6.45) is 5.57. The molecule has 39 heavy (non-hydrogen) atoms. The highest BCUT2D eigenvalue weighted by Crippen LogP contribution is 2.76. The van der Waals surface area contributed by atoms with E-state index in [9.17, 15) is 4.79 Å². The van der Waals surface area contributed by atoms with Crippen molar-refractivity contribution in [3.05, 3.63) is 35.2 Å². The zero-order chi connectivity index (χ0) is 28.4.